The Balaban J connectivity index is 0.00000220. The molecule has 6 heteroatoms. The second-order valence-electron chi connectivity index (χ2n) is 4.97. The van der Waals surface area contributed by atoms with Crippen molar-refractivity contribution in [3.8, 4) is 0 Å². The summed E-state index contributed by atoms with van der Waals surface area (Å²) in [5.41, 5.74) is 1.02. The van der Waals surface area contributed by atoms with Gasteiger partial charge >= 0.3 is 6.09 Å². The van der Waals surface area contributed by atoms with E-state index in [4.69, 9.17) is 4.74 Å². The molecule has 1 N–H and O–H groups in total. The molecule has 0 spiro atoms. The maximum Gasteiger partial charge on any atom is 0.410 e. The minimum atomic E-state index is -0.206. The lowest BCUT2D eigenvalue weighted by Gasteiger charge is -2.34. The first-order valence-corrected chi connectivity index (χ1v) is 7.12. The summed E-state index contributed by atoms with van der Waals surface area (Å²) in [6.07, 6.45) is -0.206. The van der Waals surface area contributed by atoms with Crippen LogP contribution in [0.1, 0.15) is 5.56 Å². The fourth-order valence-corrected chi connectivity index (χ4v) is 2.23. The SMILES string of the molecule is CNCCN1CCN(C(=O)OCc2ccccc2)CC1.Cl. The number of amides is 1. The Hall–Kier alpha value is -1.30. The fourth-order valence-electron chi connectivity index (χ4n) is 2.23. The van der Waals surface area contributed by atoms with Crippen LogP contribution in [0.5, 0.6) is 0 Å². The summed E-state index contributed by atoms with van der Waals surface area (Å²) in [6, 6.07) is 9.77. The zero-order valence-corrected chi connectivity index (χ0v) is 13.3. The molecular formula is C15H24ClN3O2. The van der Waals surface area contributed by atoms with Gasteiger partial charge in [0.25, 0.3) is 0 Å². The van der Waals surface area contributed by atoms with Gasteiger partial charge in [0.1, 0.15) is 6.61 Å². The molecule has 118 valence electrons. The van der Waals surface area contributed by atoms with Crippen molar-refractivity contribution in [2.75, 3.05) is 46.3 Å². The minimum Gasteiger partial charge on any atom is -0.445 e. The Morgan fingerprint density at radius 1 is 1.19 bits per heavy atom. The van der Waals surface area contributed by atoms with E-state index in [1.165, 1.54) is 0 Å². The lowest BCUT2D eigenvalue weighted by atomic mass is 10.2. The summed E-state index contributed by atoms with van der Waals surface area (Å²) in [7, 11) is 1.96. The van der Waals surface area contributed by atoms with Crippen LogP contribution in [0, 0.1) is 0 Å². The van der Waals surface area contributed by atoms with Crippen LogP contribution in [-0.4, -0.2) is 62.2 Å². The van der Waals surface area contributed by atoms with Crippen molar-refractivity contribution >= 4 is 18.5 Å². The molecule has 21 heavy (non-hydrogen) atoms. The molecule has 1 aromatic rings. The van der Waals surface area contributed by atoms with Gasteiger partial charge in [-0.05, 0) is 12.6 Å². The summed E-state index contributed by atoms with van der Waals surface area (Å²) in [5.74, 6) is 0. The zero-order valence-electron chi connectivity index (χ0n) is 12.5. The number of ether oxygens (including phenoxy) is 1. The molecule has 0 radical (unpaired) electrons. The van der Waals surface area contributed by atoms with Crippen molar-refractivity contribution in [2.45, 2.75) is 6.61 Å². The third-order valence-electron chi connectivity index (χ3n) is 3.51. The van der Waals surface area contributed by atoms with Gasteiger partial charge in [-0.1, -0.05) is 30.3 Å². The molecule has 0 aliphatic carbocycles. The summed E-state index contributed by atoms with van der Waals surface area (Å²) in [6.45, 7) is 5.69. The number of nitrogens with zero attached hydrogens (tertiary/aromatic N) is 2. The van der Waals surface area contributed by atoms with Gasteiger partial charge in [0.05, 0.1) is 0 Å². The molecule has 0 saturated carbocycles. The van der Waals surface area contributed by atoms with Crippen LogP contribution >= 0.6 is 12.4 Å². The van der Waals surface area contributed by atoms with Gasteiger partial charge in [-0.25, -0.2) is 4.79 Å². The average Bonchev–Trinajstić information content (AvgIpc) is 2.52. The van der Waals surface area contributed by atoms with E-state index in [0.29, 0.717) is 6.61 Å². The second-order valence-corrected chi connectivity index (χ2v) is 4.97. The largest absolute Gasteiger partial charge is 0.445 e. The highest BCUT2D eigenvalue weighted by molar-refractivity contribution is 5.85. The van der Waals surface area contributed by atoms with Crippen molar-refractivity contribution in [3.05, 3.63) is 35.9 Å². The molecule has 1 aliphatic heterocycles. The molecule has 1 aromatic carbocycles. The third kappa shape index (κ3) is 5.91. The number of rotatable bonds is 5. The number of carbonyl (C=O) groups is 1. The van der Waals surface area contributed by atoms with E-state index in [-0.39, 0.29) is 18.5 Å². The van der Waals surface area contributed by atoms with Gasteiger partial charge < -0.3 is 15.0 Å². The molecule has 1 heterocycles. The van der Waals surface area contributed by atoms with Crippen LogP contribution in [0.3, 0.4) is 0 Å². The Morgan fingerprint density at radius 2 is 1.86 bits per heavy atom. The maximum atomic E-state index is 12.0. The standard InChI is InChI=1S/C15H23N3O2.ClH/c1-16-7-8-17-9-11-18(12-10-17)15(19)20-13-14-5-3-2-4-6-14;/h2-6,16H,7-13H2,1H3;1H. The average molecular weight is 314 g/mol. The topological polar surface area (TPSA) is 44.8 Å². The molecule has 1 saturated heterocycles. The lowest BCUT2D eigenvalue weighted by molar-refractivity contribution is 0.0720. The van der Waals surface area contributed by atoms with Crippen molar-refractivity contribution < 1.29 is 9.53 Å². The van der Waals surface area contributed by atoms with Crippen molar-refractivity contribution in [3.63, 3.8) is 0 Å². The quantitative estimate of drug-likeness (QED) is 0.896. The van der Waals surface area contributed by atoms with Gasteiger partial charge in [0, 0.05) is 39.3 Å². The number of nitrogens with one attached hydrogen (secondary N) is 1. The number of benzene rings is 1. The zero-order chi connectivity index (χ0) is 14.2. The van der Waals surface area contributed by atoms with Crippen LogP contribution in [0.25, 0.3) is 0 Å². The van der Waals surface area contributed by atoms with Crippen molar-refractivity contribution in [1.82, 2.24) is 15.1 Å². The highest BCUT2D eigenvalue weighted by Crippen LogP contribution is 2.06. The molecule has 0 unspecified atom stereocenters. The molecule has 1 aliphatic rings. The van der Waals surface area contributed by atoms with Crippen LogP contribution in [0.2, 0.25) is 0 Å². The molecular weight excluding hydrogens is 290 g/mol. The fraction of sp³-hybridized carbons (Fsp3) is 0.533. The van der Waals surface area contributed by atoms with E-state index in [1.807, 2.05) is 37.4 Å². The summed E-state index contributed by atoms with van der Waals surface area (Å²) < 4.78 is 5.34. The Morgan fingerprint density at radius 3 is 2.48 bits per heavy atom. The highest BCUT2D eigenvalue weighted by Gasteiger charge is 2.21. The van der Waals surface area contributed by atoms with Crippen LogP contribution < -0.4 is 5.32 Å². The highest BCUT2D eigenvalue weighted by atomic mass is 35.5. The van der Waals surface area contributed by atoms with Crippen LogP contribution in [0.15, 0.2) is 30.3 Å². The number of hydrogen-bond donors (Lipinski definition) is 1. The Labute approximate surface area is 132 Å². The Bertz CT molecular complexity index is 409. The van der Waals surface area contributed by atoms with Crippen LogP contribution in [0.4, 0.5) is 4.79 Å². The van der Waals surface area contributed by atoms with Crippen molar-refractivity contribution in [1.29, 1.82) is 0 Å². The monoisotopic (exact) mass is 313 g/mol. The first kappa shape index (κ1) is 17.8. The summed E-state index contributed by atoms with van der Waals surface area (Å²) in [4.78, 5) is 16.1. The van der Waals surface area contributed by atoms with E-state index in [2.05, 4.69) is 10.2 Å². The number of carbonyl (C=O) groups excluding carboxylic acids is 1. The molecule has 5 nitrogen and oxygen atoms in total. The molecule has 2 rings (SSSR count). The molecule has 1 amide bonds. The van der Waals surface area contributed by atoms with E-state index in [1.54, 1.807) is 4.90 Å². The first-order valence-electron chi connectivity index (χ1n) is 7.12. The van der Waals surface area contributed by atoms with Crippen molar-refractivity contribution in [2.24, 2.45) is 0 Å². The predicted octanol–water partition coefficient (Wildman–Crippen LogP) is 1.58. The van der Waals surface area contributed by atoms with Gasteiger partial charge in [-0.3, -0.25) is 4.90 Å². The smallest absolute Gasteiger partial charge is 0.410 e. The van der Waals surface area contributed by atoms with Gasteiger partial charge in [-0.15, -0.1) is 12.4 Å². The van der Waals surface area contributed by atoms with E-state index in [0.717, 1.165) is 44.8 Å². The number of likely N-dealkylation sites (N-methyl/N-ethyl adjacent to an activating group) is 1. The van der Waals surface area contributed by atoms with E-state index >= 15 is 0 Å². The first-order chi connectivity index (χ1) is 9.79. The van der Waals surface area contributed by atoms with Gasteiger partial charge in [0.2, 0.25) is 0 Å². The molecule has 0 atom stereocenters. The van der Waals surface area contributed by atoms with E-state index < -0.39 is 0 Å². The predicted molar refractivity (Wildman–Crippen MR) is 85.8 cm³/mol. The number of piperazine rings is 1. The van der Waals surface area contributed by atoms with Gasteiger partial charge in [-0.2, -0.15) is 0 Å². The summed E-state index contributed by atoms with van der Waals surface area (Å²) >= 11 is 0. The minimum absolute atomic E-state index is 0. The lowest BCUT2D eigenvalue weighted by Crippen LogP contribution is -2.50. The number of hydrogen-bond acceptors (Lipinski definition) is 4. The maximum absolute atomic E-state index is 12.0. The summed E-state index contributed by atoms with van der Waals surface area (Å²) in [5, 5.41) is 3.14. The molecule has 0 bridgehead atoms. The van der Waals surface area contributed by atoms with Gasteiger partial charge in [0.15, 0.2) is 0 Å². The number of halogens is 1. The van der Waals surface area contributed by atoms with E-state index in [9.17, 15) is 4.79 Å². The second kappa shape index (κ2) is 9.60. The Kier molecular flexibility index (Phi) is 8.12. The molecule has 0 aromatic heterocycles. The molecule has 1 fully saturated rings. The third-order valence-corrected chi connectivity index (χ3v) is 3.51. The van der Waals surface area contributed by atoms with Crippen LogP contribution in [-0.2, 0) is 11.3 Å². The normalized spacial score (nSPS) is 15.4.